The Hall–Kier alpha value is -0.386. The monoisotopic (exact) mass is 404 g/mol. The molecule has 1 aliphatic carbocycles. The maximum atomic E-state index is 6.87. The number of unbranched alkanes of at least 4 members (excludes halogenated alkanes) is 3. The molecule has 1 aromatic rings. The molecule has 27 heavy (non-hydrogen) atoms. The maximum Gasteiger partial charge on any atom is 0.192 e. The molecule has 0 heterocycles. The molecule has 0 N–H and O–H groups in total. The molecule has 1 unspecified atom stereocenters. The first-order valence-corrected chi connectivity index (χ1v) is 17.6. The van der Waals surface area contributed by atoms with Crippen LogP contribution >= 0.6 is 0 Å². The van der Waals surface area contributed by atoms with E-state index in [9.17, 15) is 0 Å². The first kappa shape index (κ1) is 22.9. The summed E-state index contributed by atoms with van der Waals surface area (Å²) in [6, 6.07) is 4.95. The van der Waals surface area contributed by atoms with Crippen LogP contribution < -0.4 is 5.19 Å². The average Bonchev–Trinajstić information content (AvgIpc) is 2.91. The Morgan fingerprint density at radius 2 is 1.56 bits per heavy atom. The van der Waals surface area contributed by atoms with E-state index in [1.54, 1.807) is 21.9 Å². The van der Waals surface area contributed by atoms with Crippen molar-refractivity contribution in [2.45, 2.75) is 117 Å². The van der Waals surface area contributed by atoms with E-state index in [1.165, 1.54) is 32.1 Å². The zero-order valence-corrected chi connectivity index (χ0v) is 21.6. The quantitative estimate of drug-likeness (QED) is 0.340. The van der Waals surface area contributed by atoms with Crippen LogP contribution in [0, 0.1) is 0 Å². The van der Waals surface area contributed by atoms with Gasteiger partial charge in [0, 0.05) is 0 Å². The van der Waals surface area contributed by atoms with E-state index >= 15 is 0 Å². The van der Waals surface area contributed by atoms with Gasteiger partial charge in [0.1, 0.15) is 0 Å². The lowest BCUT2D eigenvalue weighted by atomic mass is 9.98. The third-order valence-electron chi connectivity index (χ3n) is 6.77. The number of benzene rings is 1. The van der Waals surface area contributed by atoms with E-state index in [4.69, 9.17) is 4.43 Å². The van der Waals surface area contributed by atoms with Gasteiger partial charge in [0.2, 0.25) is 0 Å². The van der Waals surface area contributed by atoms with Crippen molar-refractivity contribution in [1.29, 1.82) is 0 Å². The fourth-order valence-corrected chi connectivity index (χ4v) is 7.21. The molecule has 0 fully saturated rings. The predicted molar refractivity (Wildman–Crippen MR) is 127 cm³/mol. The van der Waals surface area contributed by atoms with E-state index in [-0.39, 0.29) is 5.04 Å². The fraction of sp³-hybridized carbons (Fsp3) is 0.750. The highest BCUT2D eigenvalue weighted by molar-refractivity contribution is 6.89. The van der Waals surface area contributed by atoms with E-state index in [2.05, 4.69) is 72.6 Å². The van der Waals surface area contributed by atoms with Crippen molar-refractivity contribution in [3.05, 3.63) is 28.8 Å². The van der Waals surface area contributed by atoms with Crippen LogP contribution in [0.1, 0.15) is 70.1 Å². The minimum absolute atomic E-state index is 0.284. The summed E-state index contributed by atoms with van der Waals surface area (Å²) in [7, 11) is -3.04. The molecule has 154 valence electrons. The van der Waals surface area contributed by atoms with Crippen LogP contribution in [0.4, 0.5) is 0 Å². The summed E-state index contributed by atoms with van der Waals surface area (Å²) in [6.45, 7) is 21.6. The maximum absolute atomic E-state index is 6.87. The van der Waals surface area contributed by atoms with Gasteiger partial charge in [-0.05, 0) is 60.5 Å². The molecule has 0 aliphatic heterocycles. The smallest absolute Gasteiger partial charge is 0.192 e. The molecule has 0 bridgehead atoms. The van der Waals surface area contributed by atoms with E-state index < -0.39 is 16.4 Å². The van der Waals surface area contributed by atoms with Crippen molar-refractivity contribution in [2.75, 3.05) is 0 Å². The normalized spacial score (nSPS) is 18.0. The molecule has 0 amide bonds. The lowest BCUT2D eigenvalue weighted by Gasteiger charge is -2.38. The predicted octanol–water partition coefficient (Wildman–Crippen LogP) is 6.84. The van der Waals surface area contributed by atoms with Crippen LogP contribution in [0.3, 0.4) is 0 Å². The van der Waals surface area contributed by atoms with Crippen LogP contribution in [0.5, 0.6) is 0 Å². The number of hydrogen-bond acceptors (Lipinski definition) is 1. The van der Waals surface area contributed by atoms with Gasteiger partial charge in [0.15, 0.2) is 8.32 Å². The third-order valence-corrected chi connectivity index (χ3v) is 13.4. The number of hydrogen-bond donors (Lipinski definition) is 0. The molecule has 0 spiro atoms. The standard InChI is InChI=1S/C24H44OSi2/c1-10-11-12-13-14-19-15-16-23(26(5,6)7)22-18-20(17-21(19)22)25-27(8,9)24(2,3)4/h15-16,20H,10-14,17-18H2,1-9H3. The Bertz CT molecular complexity index is 635. The van der Waals surface area contributed by atoms with Gasteiger partial charge in [-0.25, -0.2) is 0 Å². The molecule has 2 rings (SSSR count). The van der Waals surface area contributed by atoms with Gasteiger partial charge in [-0.1, -0.05) is 83.9 Å². The Kier molecular flexibility index (Phi) is 7.25. The van der Waals surface area contributed by atoms with Crippen molar-refractivity contribution in [2.24, 2.45) is 0 Å². The number of aryl methyl sites for hydroxylation is 1. The second kappa shape index (κ2) is 8.55. The van der Waals surface area contributed by atoms with Gasteiger partial charge in [0.25, 0.3) is 0 Å². The molecule has 0 aromatic heterocycles. The van der Waals surface area contributed by atoms with Crippen LogP contribution in [-0.4, -0.2) is 22.5 Å². The van der Waals surface area contributed by atoms with Gasteiger partial charge in [0.05, 0.1) is 14.2 Å². The highest BCUT2D eigenvalue weighted by Crippen LogP contribution is 2.39. The minimum atomic E-state index is -1.71. The van der Waals surface area contributed by atoms with Crippen LogP contribution in [0.15, 0.2) is 12.1 Å². The van der Waals surface area contributed by atoms with Gasteiger partial charge >= 0.3 is 0 Å². The molecular formula is C24H44OSi2. The zero-order valence-electron chi connectivity index (χ0n) is 19.6. The molecule has 0 radical (unpaired) electrons. The third kappa shape index (κ3) is 5.58. The van der Waals surface area contributed by atoms with Gasteiger partial charge in [-0.2, -0.15) is 0 Å². The van der Waals surface area contributed by atoms with Crippen molar-refractivity contribution >= 4 is 21.6 Å². The Morgan fingerprint density at radius 3 is 2.11 bits per heavy atom. The van der Waals surface area contributed by atoms with Crippen molar-refractivity contribution < 1.29 is 4.43 Å². The SMILES string of the molecule is CCCCCCc1ccc([Si](C)(C)C)c2c1CC(O[Si](C)(C)C(C)(C)C)C2. The van der Waals surface area contributed by atoms with E-state index in [1.807, 2.05) is 0 Å². The largest absolute Gasteiger partial charge is 0.413 e. The van der Waals surface area contributed by atoms with Crippen molar-refractivity contribution in [3.8, 4) is 0 Å². The summed E-state index contributed by atoms with van der Waals surface area (Å²) in [5.74, 6) is 0. The summed E-state index contributed by atoms with van der Waals surface area (Å²) < 4.78 is 6.87. The summed E-state index contributed by atoms with van der Waals surface area (Å²) in [6.07, 6.45) is 9.31. The Labute approximate surface area is 171 Å². The Morgan fingerprint density at radius 1 is 0.926 bits per heavy atom. The molecule has 3 heteroatoms. The van der Waals surface area contributed by atoms with E-state index in [0.29, 0.717) is 6.10 Å². The Balaban J connectivity index is 2.26. The molecule has 0 saturated carbocycles. The lowest BCUT2D eigenvalue weighted by molar-refractivity contribution is 0.191. The molecule has 1 atom stereocenters. The number of rotatable bonds is 8. The van der Waals surface area contributed by atoms with Gasteiger partial charge in [-0.3, -0.25) is 0 Å². The van der Waals surface area contributed by atoms with Crippen molar-refractivity contribution in [1.82, 2.24) is 0 Å². The van der Waals surface area contributed by atoms with E-state index in [0.717, 1.165) is 12.8 Å². The first-order valence-electron chi connectivity index (χ1n) is 11.2. The summed E-state index contributed by atoms with van der Waals surface area (Å²) in [5.41, 5.74) is 4.95. The molecule has 1 aliphatic rings. The summed E-state index contributed by atoms with van der Waals surface area (Å²) in [4.78, 5) is 0. The topological polar surface area (TPSA) is 9.23 Å². The molecule has 1 aromatic carbocycles. The minimum Gasteiger partial charge on any atom is -0.413 e. The second-order valence-electron chi connectivity index (χ2n) is 11.2. The lowest BCUT2D eigenvalue weighted by Crippen LogP contribution is -2.44. The summed E-state index contributed by atoms with van der Waals surface area (Å²) in [5, 5.41) is 1.96. The van der Waals surface area contributed by atoms with Gasteiger partial charge < -0.3 is 4.43 Å². The van der Waals surface area contributed by atoms with Crippen LogP contribution in [0.2, 0.25) is 37.8 Å². The molecule has 0 saturated heterocycles. The average molecular weight is 405 g/mol. The highest BCUT2D eigenvalue weighted by Gasteiger charge is 2.41. The highest BCUT2D eigenvalue weighted by atomic mass is 28.4. The second-order valence-corrected chi connectivity index (χ2v) is 21.0. The molecular weight excluding hydrogens is 360 g/mol. The van der Waals surface area contributed by atoms with Crippen molar-refractivity contribution in [3.63, 3.8) is 0 Å². The fourth-order valence-electron chi connectivity index (χ4n) is 4.11. The zero-order chi connectivity index (χ0) is 20.5. The van der Waals surface area contributed by atoms with Crippen LogP contribution in [0.25, 0.3) is 0 Å². The molecule has 1 nitrogen and oxygen atoms in total. The van der Waals surface area contributed by atoms with Gasteiger partial charge in [-0.15, -0.1) is 0 Å². The number of fused-ring (bicyclic) bond motifs is 1. The van der Waals surface area contributed by atoms with Crippen LogP contribution in [-0.2, 0) is 23.7 Å². The summed E-state index contributed by atoms with van der Waals surface area (Å²) >= 11 is 0. The first-order chi connectivity index (χ1) is 12.4.